The Morgan fingerprint density at radius 2 is 2.00 bits per heavy atom. The van der Waals surface area contributed by atoms with E-state index in [-0.39, 0.29) is 12.3 Å². The first-order valence-electron chi connectivity index (χ1n) is 8.91. The summed E-state index contributed by atoms with van der Waals surface area (Å²) < 4.78 is 0. The lowest BCUT2D eigenvalue weighted by molar-refractivity contribution is -0.137. The van der Waals surface area contributed by atoms with Crippen molar-refractivity contribution in [2.24, 2.45) is 11.8 Å². The molecule has 0 bridgehead atoms. The van der Waals surface area contributed by atoms with Crippen LogP contribution in [0.5, 0.6) is 0 Å². The fourth-order valence-corrected chi connectivity index (χ4v) is 2.57. The number of aliphatic hydroxyl groups is 1. The van der Waals surface area contributed by atoms with Crippen LogP contribution in [0.25, 0.3) is 0 Å². The highest BCUT2D eigenvalue weighted by molar-refractivity contribution is 5.66. The van der Waals surface area contributed by atoms with Crippen LogP contribution in [0.15, 0.2) is 36.1 Å². The van der Waals surface area contributed by atoms with Gasteiger partial charge in [-0.3, -0.25) is 4.79 Å². The molecule has 0 aromatic carbocycles. The van der Waals surface area contributed by atoms with E-state index in [2.05, 4.69) is 31.6 Å². The maximum Gasteiger partial charge on any atom is 0.303 e. The Morgan fingerprint density at radius 1 is 1.17 bits per heavy atom. The molecule has 1 rings (SSSR count). The third kappa shape index (κ3) is 9.88. The smallest absolute Gasteiger partial charge is 0.303 e. The number of carboxylic acid groups (broad SMARTS) is 1. The van der Waals surface area contributed by atoms with Crippen LogP contribution in [0.3, 0.4) is 0 Å². The van der Waals surface area contributed by atoms with E-state index >= 15 is 0 Å². The maximum absolute atomic E-state index is 10.4. The van der Waals surface area contributed by atoms with Gasteiger partial charge in [0.25, 0.3) is 0 Å². The summed E-state index contributed by atoms with van der Waals surface area (Å²) in [7, 11) is 0. The van der Waals surface area contributed by atoms with Gasteiger partial charge >= 0.3 is 5.97 Å². The molecular formula is C20H31O3+. The summed E-state index contributed by atoms with van der Waals surface area (Å²) in [5, 5.41) is 18.6. The fourth-order valence-electron chi connectivity index (χ4n) is 2.57. The zero-order valence-electron chi connectivity index (χ0n) is 14.3. The molecule has 3 heteroatoms. The average molecular weight is 319 g/mol. The van der Waals surface area contributed by atoms with E-state index in [9.17, 15) is 9.90 Å². The van der Waals surface area contributed by atoms with Crippen molar-refractivity contribution in [3.63, 3.8) is 0 Å². The molecule has 23 heavy (non-hydrogen) atoms. The predicted molar refractivity (Wildman–Crippen MR) is 95.1 cm³/mol. The van der Waals surface area contributed by atoms with Gasteiger partial charge in [-0.1, -0.05) is 44.1 Å². The molecule has 2 atom stereocenters. The minimum atomic E-state index is -0.738. The average Bonchev–Trinajstić information content (AvgIpc) is 3.29. The van der Waals surface area contributed by atoms with E-state index in [0.29, 0.717) is 18.1 Å². The molecule has 0 aromatic heterocycles. The number of allylic oxidation sites excluding steroid dienone is 6. The zero-order chi connectivity index (χ0) is 16.9. The van der Waals surface area contributed by atoms with Gasteiger partial charge in [0.2, 0.25) is 0 Å². The van der Waals surface area contributed by atoms with E-state index in [1.165, 1.54) is 19.3 Å². The highest BCUT2D eigenvalue weighted by atomic mass is 16.4. The maximum atomic E-state index is 10.4. The molecule has 0 spiro atoms. The third-order valence-corrected chi connectivity index (χ3v) is 4.10. The van der Waals surface area contributed by atoms with Crippen LogP contribution in [0.4, 0.5) is 0 Å². The second-order valence-corrected chi connectivity index (χ2v) is 6.25. The summed E-state index contributed by atoms with van der Waals surface area (Å²) in [6.45, 7) is 2.21. The van der Waals surface area contributed by atoms with Crippen LogP contribution >= 0.6 is 0 Å². The predicted octanol–water partition coefficient (Wildman–Crippen LogP) is 5.61. The Morgan fingerprint density at radius 3 is 2.74 bits per heavy atom. The molecule has 0 saturated heterocycles. The van der Waals surface area contributed by atoms with E-state index in [1.54, 1.807) is 6.08 Å². The number of hydrogen-bond donors (Lipinski definition) is 2. The molecular weight excluding hydrogens is 288 g/mol. The Kier molecular flexibility index (Phi) is 10.0. The van der Waals surface area contributed by atoms with E-state index in [4.69, 9.17) is 5.11 Å². The Labute approximate surface area is 140 Å². The molecule has 0 aliphatic heterocycles. The molecule has 0 unspecified atom stereocenters. The molecule has 0 radical (unpaired) electrons. The van der Waals surface area contributed by atoms with Gasteiger partial charge in [-0.2, -0.15) is 0 Å². The van der Waals surface area contributed by atoms with Crippen molar-refractivity contribution in [3.8, 4) is 0 Å². The Balaban J connectivity index is 2.08. The lowest BCUT2D eigenvalue weighted by Crippen LogP contribution is -1.95. The summed E-state index contributed by atoms with van der Waals surface area (Å²) in [5.74, 6) is 0.381. The highest BCUT2D eigenvalue weighted by Gasteiger charge is 2.46. The van der Waals surface area contributed by atoms with Crippen molar-refractivity contribution in [3.05, 3.63) is 42.6 Å². The van der Waals surface area contributed by atoms with Gasteiger partial charge in [0.15, 0.2) is 0 Å². The van der Waals surface area contributed by atoms with Gasteiger partial charge in [-0.15, -0.1) is 0 Å². The number of unbranched alkanes of at least 4 members (excludes halogenated alkanes) is 4. The van der Waals surface area contributed by atoms with Crippen molar-refractivity contribution in [2.75, 3.05) is 0 Å². The fraction of sp³-hybridized carbons (Fsp3) is 0.600. The minimum Gasteiger partial charge on any atom is -0.512 e. The van der Waals surface area contributed by atoms with Crippen molar-refractivity contribution >= 4 is 5.97 Å². The van der Waals surface area contributed by atoms with Gasteiger partial charge in [0.05, 0.1) is 18.8 Å². The molecule has 0 amide bonds. The molecule has 3 nitrogen and oxygen atoms in total. The molecule has 1 aliphatic carbocycles. The highest BCUT2D eigenvalue weighted by Crippen LogP contribution is 2.45. The zero-order valence-corrected chi connectivity index (χ0v) is 14.3. The first kappa shape index (κ1) is 19.4. The van der Waals surface area contributed by atoms with Crippen molar-refractivity contribution in [1.29, 1.82) is 0 Å². The topological polar surface area (TPSA) is 57.5 Å². The van der Waals surface area contributed by atoms with Crippen LogP contribution in [0, 0.1) is 18.3 Å². The summed E-state index contributed by atoms with van der Waals surface area (Å²) in [6, 6.07) is 0. The summed E-state index contributed by atoms with van der Waals surface area (Å²) in [6.07, 6.45) is 20.9. The first-order chi connectivity index (χ1) is 11.1. The van der Waals surface area contributed by atoms with Crippen LogP contribution in [-0.2, 0) is 4.79 Å². The Bertz CT molecular complexity index is 421. The van der Waals surface area contributed by atoms with Crippen LogP contribution in [0.1, 0.15) is 64.7 Å². The van der Waals surface area contributed by atoms with Crippen molar-refractivity contribution in [1.82, 2.24) is 0 Å². The summed E-state index contributed by atoms with van der Waals surface area (Å²) in [5.41, 5.74) is 0. The van der Waals surface area contributed by atoms with Crippen LogP contribution in [-0.4, -0.2) is 16.2 Å². The summed E-state index contributed by atoms with van der Waals surface area (Å²) >= 11 is 0. The lowest BCUT2D eigenvalue weighted by atomic mass is 10.1. The minimum absolute atomic E-state index is 0.227. The first-order valence-corrected chi connectivity index (χ1v) is 8.91. The molecule has 1 fully saturated rings. The number of carbonyl (C=O) groups is 1. The third-order valence-electron chi connectivity index (χ3n) is 4.10. The van der Waals surface area contributed by atoms with Gasteiger partial charge < -0.3 is 10.2 Å². The van der Waals surface area contributed by atoms with E-state index in [1.807, 2.05) is 6.08 Å². The number of aliphatic hydroxyl groups excluding tert-OH is 1. The van der Waals surface area contributed by atoms with Gasteiger partial charge in [-0.25, -0.2) is 0 Å². The monoisotopic (exact) mass is 319 g/mol. The summed E-state index contributed by atoms with van der Waals surface area (Å²) in [4.78, 5) is 10.4. The van der Waals surface area contributed by atoms with Crippen LogP contribution < -0.4 is 0 Å². The van der Waals surface area contributed by atoms with Gasteiger partial charge in [-0.05, 0) is 31.8 Å². The second kappa shape index (κ2) is 11.9. The second-order valence-electron chi connectivity index (χ2n) is 6.25. The van der Waals surface area contributed by atoms with Crippen LogP contribution in [0.2, 0.25) is 0 Å². The largest absolute Gasteiger partial charge is 0.512 e. The SMILES string of the molecule is CCCCC/C=C\C/C=C\C=C(\O)[C@@H]1C[C@H]1[CH+]CCCC(=O)O. The molecule has 128 valence electrons. The number of carboxylic acids is 1. The van der Waals surface area contributed by atoms with Crippen molar-refractivity contribution < 1.29 is 15.0 Å². The number of rotatable bonds is 13. The van der Waals surface area contributed by atoms with E-state index in [0.717, 1.165) is 25.7 Å². The normalized spacial score (nSPS) is 21.2. The Hall–Kier alpha value is -1.64. The number of aliphatic carboxylic acids is 1. The van der Waals surface area contributed by atoms with E-state index < -0.39 is 5.97 Å². The molecule has 0 aromatic rings. The molecule has 1 saturated carbocycles. The molecule has 0 heterocycles. The van der Waals surface area contributed by atoms with Gasteiger partial charge in [0, 0.05) is 12.8 Å². The number of hydrogen-bond acceptors (Lipinski definition) is 2. The molecule has 1 aliphatic rings. The van der Waals surface area contributed by atoms with Crippen molar-refractivity contribution in [2.45, 2.75) is 64.7 Å². The quantitative estimate of drug-likeness (QED) is 0.153. The lowest BCUT2D eigenvalue weighted by Gasteiger charge is -1.93. The molecule has 2 N–H and O–H groups in total. The van der Waals surface area contributed by atoms with Gasteiger partial charge in [0.1, 0.15) is 11.7 Å². The standard InChI is InChI=1S/C20H30O3/c1-2-3-4-5-6-7-8-9-10-14-19(21)18-16-17(18)13-11-12-15-20(22)23/h6-7,9-10,13-14,17-18H,2-5,8,11-12,15-16H2,1H3,(H-,21,22,23)/p+1/b7-6-,10-9-,19-14+/t17-,18-/m1/s1.